The largest absolute Gasteiger partial charge is 0.545 e. The lowest BCUT2D eigenvalue weighted by molar-refractivity contribution is -0.384. The second-order valence-corrected chi connectivity index (χ2v) is 3.73. The summed E-state index contributed by atoms with van der Waals surface area (Å²) in [7, 11) is 0. The number of fused-ring (bicyclic) bond motifs is 1. The van der Waals surface area contributed by atoms with Crippen LogP contribution >= 0.6 is 0 Å². The number of aromatic nitrogens is 1. The number of nitrogens with zero attached hydrogens (tertiary/aromatic N) is 1. The number of carbonyl (C=O) groups is 1. The van der Waals surface area contributed by atoms with Crippen molar-refractivity contribution < 1.29 is 14.8 Å². The molecule has 0 amide bonds. The first-order valence-electron chi connectivity index (χ1n) is 5.18. The van der Waals surface area contributed by atoms with Gasteiger partial charge in [-0.2, -0.15) is 0 Å². The molecule has 0 unspecified atom stereocenters. The first-order valence-corrected chi connectivity index (χ1v) is 5.18. The number of nitro groups is 1. The van der Waals surface area contributed by atoms with Gasteiger partial charge in [0.15, 0.2) is 0 Å². The van der Waals surface area contributed by atoms with E-state index in [9.17, 15) is 24.8 Å². The lowest BCUT2D eigenvalue weighted by Gasteiger charge is -2.02. The van der Waals surface area contributed by atoms with Crippen LogP contribution in [0.25, 0.3) is 17.0 Å². The lowest BCUT2D eigenvalue weighted by atomic mass is 10.1. The molecule has 2 rings (SSSR count). The Kier molecular flexibility index (Phi) is 3.11. The third kappa shape index (κ3) is 2.65. The Hall–Kier alpha value is -2.96. The Morgan fingerprint density at radius 1 is 1.32 bits per heavy atom. The van der Waals surface area contributed by atoms with E-state index < -0.39 is 10.9 Å². The van der Waals surface area contributed by atoms with Crippen molar-refractivity contribution >= 4 is 28.6 Å². The number of aromatic amines is 1. The predicted octanol–water partition coefficient (Wildman–Crippen LogP) is 0.199. The van der Waals surface area contributed by atoms with Crippen molar-refractivity contribution in [3.63, 3.8) is 0 Å². The number of hydrogen-bond donors (Lipinski definition) is 1. The predicted molar refractivity (Wildman–Crippen MR) is 65.3 cm³/mol. The maximum absolute atomic E-state index is 11.2. The SMILES string of the molecule is O=C([O-])/C=C/c1cc2[nH]c(=O)ccc2cc1[N+](=O)[O-]. The molecule has 1 aromatic heterocycles. The van der Waals surface area contributed by atoms with Crippen LogP contribution in [0.3, 0.4) is 0 Å². The number of nitro benzene ring substituents is 1. The second-order valence-electron chi connectivity index (χ2n) is 3.73. The number of nitrogens with one attached hydrogen (secondary N) is 1. The van der Waals surface area contributed by atoms with Gasteiger partial charge in [0.25, 0.3) is 5.69 Å². The van der Waals surface area contributed by atoms with Crippen LogP contribution in [0, 0.1) is 10.1 Å². The van der Waals surface area contributed by atoms with E-state index in [1.807, 2.05) is 0 Å². The van der Waals surface area contributed by atoms with Crippen molar-refractivity contribution in [3.8, 4) is 0 Å². The number of benzene rings is 1. The maximum Gasteiger partial charge on any atom is 0.277 e. The van der Waals surface area contributed by atoms with E-state index in [-0.39, 0.29) is 16.8 Å². The van der Waals surface area contributed by atoms with Gasteiger partial charge in [-0.3, -0.25) is 14.9 Å². The number of H-pyrrole nitrogens is 1. The van der Waals surface area contributed by atoms with Crippen molar-refractivity contribution in [1.29, 1.82) is 0 Å². The first kappa shape index (κ1) is 12.5. The van der Waals surface area contributed by atoms with Crippen molar-refractivity contribution in [2.75, 3.05) is 0 Å². The Bertz CT molecular complexity index is 760. The van der Waals surface area contributed by atoms with E-state index in [1.165, 1.54) is 24.3 Å². The summed E-state index contributed by atoms with van der Waals surface area (Å²) in [5.41, 5.74) is -0.145. The van der Waals surface area contributed by atoms with Crippen molar-refractivity contribution in [1.82, 2.24) is 4.98 Å². The standard InChI is InChI=1S/C12H8N2O5/c15-11-3-1-7-6-10(14(18)19)8(2-4-12(16)17)5-9(7)13-11/h1-6H,(H,13,15)(H,16,17)/p-1/b4-2+. The fraction of sp³-hybridized carbons (Fsp3) is 0. The number of rotatable bonds is 3. The highest BCUT2D eigenvalue weighted by atomic mass is 16.6. The quantitative estimate of drug-likeness (QED) is 0.480. The fourth-order valence-corrected chi connectivity index (χ4v) is 1.66. The van der Waals surface area contributed by atoms with E-state index in [0.717, 1.165) is 6.08 Å². The molecule has 7 heteroatoms. The summed E-state index contributed by atoms with van der Waals surface area (Å²) in [6.45, 7) is 0. The van der Waals surface area contributed by atoms with Crippen molar-refractivity contribution in [2.24, 2.45) is 0 Å². The van der Waals surface area contributed by atoms with Gasteiger partial charge >= 0.3 is 0 Å². The molecule has 1 N–H and O–H groups in total. The highest BCUT2D eigenvalue weighted by molar-refractivity contribution is 5.89. The summed E-state index contributed by atoms with van der Waals surface area (Å²) in [6, 6.07) is 5.31. The smallest absolute Gasteiger partial charge is 0.277 e. The molecule has 0 aliphatic heterocycles. The normalized spacial score (nSPS) is 10.9. The van der Waals surface area contributed by atoms with E-state index >= 15 is 0 Å². The van der Waals surface area contributed by atoms with Crippen LogP contribution in [0.1, 0.15) is 5.56 Å². The molecule has 7 nitrogen and oxygen atoms in total. The summed E-state index contributed by atoms with van der Waals surface area (Å²) in [5.74, 6) is -1.46. The van der Waals surface area contributed by atoms with E-state index in [4.69, 9.17) is 0 Å². The molecule has 0 bridgehead atoms. The Labute approximate surface area is 106 Å². The van der Waals surface area contributed by atoms with Crippen LogP contribution in [-0.2, 0) is 4.79 Å². The van der Waals surface area contributed by atoms with Crippen molar-refractivity contribution in [2.45, 2.75) is 0 Å². The highest BCUT2D eigenvalue weighted by Gasteiger charge is 2.13. The molecule has 0 radical (unpaired) electrons. The number of carboxylic acids is 1. The molecule has 2 aromatic rings. The van der Waals surface area contributed by atoms with Gasteiger partial charge < -0.3 is 14.9 Å². The van der Waals surface area contributed by atoms with Gasteiger partial charge in [-0.15, -0.1) is 0 Å². The zero-order chi connectivity index (χ0) is 14.0. The molecule has 1 heterocycles. The second kappa shape index (κ2) is 4.73. The summed E-state index contributed by atoms with van der Waals surface area (Å²) in [5, 5.41) is 21.7. The molecule has 1 aromatic carbocycles. The molecule has 96 valence electrons. The Morgan fingerprint density at radius 2 is 2.05 bits per heavy atom. The Balaban J connectivity index is 2.71. The number of carbonyl (C=O) groups excluding carboxylic acids is 1. The monoisotopic (exact) mass is 259 g/mol. The minimum Gasteiger partial charge on any atom is -0.545 e. The van der Waals surface area contributed by atoms with Gasteiger partial charge in [-0.25, -0.2) is 0 Å². The number of hydrogen-bond acceptors (Lipinski definition) is 5. The van der Waals surface area contributed by atoms with Crippen molar-refractivity contribution in [3.05, 3.63) is 56.4 Å². The van der Waals surface area contributed by atoms with E-state index in [0.29, 0.717) is 17.0 Å². The molecule has 0 saturated carbocycles. The Morgan fingerprint density at radius 3 is 2.68 bits per heavy atom. The average molecular weight is 259 g/mol. The molecule has 0 fully saturated rings. The summed E-state index contributed by atoms with van der Waals surface area (Å²) in [4.78, 5) is 34.3. The molecule has 0 aliphatic rings. The van der Waals surface area contributed by atoms with E-state index in [1.54, 1.807) is 0 Å². The lowest BCUT2D eigenvalue weighted by Crippen LogP contribution is -2.18. The molecule has 0 spiro atoms. The molecule has 19 heavy (non-hydrogen) atoms. The van der Waals surface area contributed by atoms with Gasteiger partial charge in [-0.1, -0.05) is 0 Å². The van der Waals surface area contributed by atoms with Gasteiger partial charge in [0.05, 0.1) is 16.5 Å². The maximum atomic E-state index is 11.2. The van der Waals surface area contributed by atoms with Crippen LogP contribution in [0.5, 0.6) is 0 Å². The first-order chi connectivity index (χ1) is 8.97. The number of pyridine rings is 1. The zero-order valence-corrected chi connectivity index (χ0v) is 9.45. The highest BCUT2D eigenvalue weighted by Crippen LogP contribution is 2.25. The third-order valence-corrected chi connectivity index (χ3v) is 2.47. The molecule has 0 saturated heterocycles. The number of carboxylic acid groups (broad SMARTS) is 1. The van der Waals surface area contributed by atoms with E-state index in [2.05, 4.69) is 4.98 Å². The summed E-state index contributed by atoms with van der Waals surface area (Å²) in [6.07, 6.45) is 1.74. The van der Waals surface area contributed by atoms with Gasteiger partial charge in [0.2, 0.25) is 5.56 Å². The van der Waals surface area contributed by atoms with Crippen LogP contribution in [0.4, 0.5) is 5.69 Å². The summed E-state index contributed by atoms with van der Waals surface area (Å²) >= 11 is 0. The zero-order valence-electron chi connectivity index (χ0n) is 9.45. The van der Waals surface area contributed by atoms with Crippen LogP contribution in [0.2, 0.25) is 0 Å². The molecular weight excluding hydrogens is 252 g/mol. The van der Waals surface area contributed by atoms with Crippen LogP contribution < -0.4 is 10.7 Å². The van der Waals surface area contributed by atoms with Crippen LogP contribution in [-0.4, -0.2) is 15.9 Å². The van der Waals surface area contributed by atoms with Gasteiger partial charge in [0, 0.05) is 23.0 Å². The van der Waals surface area contributed by atoms with Gasteiger partial charge in [-0.05, 0) is 24.3 Å². The fourth-order valence-electron chi connectivity index (χ4n) is 1.66. The third-order valence-electron chi connectivity index (χ3n) is 2.47. The minimum atomic E-state index is -1.46. The van der Waals surface area contributed by atoms with Crippen LogP contribution in [0.15, 0.2) is 35.1 Å². The summed E-state index contributed by atoms with van der Waals surface area (Å²) < 4.78 is 0. The average Bonchev–Trinajstić information content (AvgIpc) is 2.34. The molecule has 0 atom stereocenters. The van der Waals surface area contributed by atoms with Gasteiger partial charge in [0.1, 0.15) is 0 Å². The minimum absolute atomic E-state index is 0.0727. The number of aliphatic carboxylic acids is 1. The molecule has 0 aliphatic carbocycles. The molecular formula is C12H7N2O5-. The topological polar surface area (TPSA) is 116 Å².